The lowest BCUT2D eigenvalue weighted by molar-refractivity contribution is -0.319. The van der Waals surface area contributed by atoms with Crippen LogP contribution >= 0.6 is 0 Å². The lowest BCUT2D eigenvalue weighted by Crippen LogP contribution is -2.62. The van der Waals surface area contributed by atoms with Gasteiger partial charge in [-0.2, -0.15) is 0 Å². The van der Waals surface area contributed by atoms with Gasteiger partial charge in [0.15, 0.2) is 12.6 Å². The number of methoxy groups -OCH3 is 1. The third kappa shape index (κ3) is 11.0. The summed E-state index contributed by atoms with van der Waals surface area (Å²) in [4.78, 5) is 16.4. The zero-order valence-corrected chi connectivity index (χ0v) is 36.6. The maximum atomic E-state index is 14.3. The topological polar surface area (TPSA) is 212 Å². The van der Waals surface area contributed by atoms with E-state index in [0.29, 0.717) is 6.42 Å². The highest BCUT2D eigenvalue weighted by atomic mass is 16.7. The van der Waals surface area contributed by atoms with Crippen molar-refractivity contribution in [2.75, 3.05) is 27.3 Å². The van der Waals surface area contributed by atoms with Gasteiger partial charge in [-0.05, 0) is 87.6 Å². The van der Waals surface area contributed by atoms with Gasteiger partial charge in [0.05, 0.1) is 60.4 Å². The molecule has 3 aliphatic rings. The van der Waals surface area contributed by atoms with Crippen molar-refractivity contribution in [2.24, 2.45) is 29.4 Å². The van der Waals surface area contributed by atoms with E-state index in [-0.39, 0.29) is 50.6 Å². The Kier molecular flexibility index (Phi) is 17.6. The van der Waals surface area contributed by atoms with Gasteiger partial charge in [0.1, 0.15) is 23.9 Å². The van der Waals surface area contributed by atoms with Crippen LogP contribution < -0.4 is 5.73 Å². The molecule has 330 valence electrons. The molecule has 3 fully saturated rings. The monoisotopic (exact) mass is 807 g/mol. The number of nitrogens with two attached hydrogens (primary N) is 1. The molecule has 0 aromatic carbocycles. The minimum absolute atomic E-state index is 0.0673. The Bertz CT molecular complexity index is 1230. The fourth-order valence-corrected chi connectivity index (χ4v) is 9.37. The number of hydrogen-bond acceptors (Lipinski definition) is 15. The molecule has 0 aliphatic carbocycles. The van der Waals surface area contributed by atoms with Crippen LogP contribution in [0.5, 0.6) is 0 Å². The van der Waals surface area contributed by atoms with E-state index in [2.05, 4.69) is 4.90 Å². The highest BCUT2D eigenvalue weighted by Gasteiger charge is 2.54. The number of carbonyl (C=O) groups is 1. The molecule has 0 aromatic heterocycles. The first-order chi connectivity index (χ1) is 25.9. The molecule has 0 bridgehead atoms. The van der Waals surface area contributed by atoms with Crippen molar-refractivity contribution in [3.05, 3.63) is 0 Å². The zero-order chi connectivity index (χ0) is 42.7. The molecular formula is C41H78N2O13. The lowest BCUT2D eigenvalue weighted by atomic mass is 9.73. The Morgan fingerprint density at radius 1 is 0.929 bits per heavy atom. The number of esters is 1. The van der Waals surface area contributed by atoms with Crippen molar-refractivity contribution >= 4 is 5.97 Å². The predicted molar refractivity (Wildman–Crippen MR) is 209 cm³/mol. The maximum Gasteiger partial charge on any atom is 0.311 e. The molecule has 0 amide bonds. The number of rotatable bonds is 11. The second-order valence-electron chi connectivity index (χ2n) is 18.1. The summed E-state index contributed by atoms with van der Waals surface area (Å²) >= 11 is 0. The summed E-state index contributed by atoms with van der Waals surface area (Å²) in [7, 11) is 3.45. The summed E-state index contributed by atoms with van der Waals surface area (Å²) in [5.74, 6) is -3.70. The van der Waals surface area contributed by atoms with Crippen LogP contribution in [0.15, 0.2) is 0 Å². The van der Waals surface area contributed by atoms with E-state index in [1.54, 1.807) is 48.5 Å². The van der Waals surface area contributed by atoms with Gasteiger partial charge in [-0.1, -0.05) is 27.7 Å². The van der Waals surface area contributed by atoms with Gasteiger partial charge in [-0.15, -0.1) is 0 Å². The summed E-state index contributed by atoms with van der Waals surface area (Å²) in [6.45, 7) is 21.8. The molecule has 0 spiro atoms. The van der Waals surface area contributed by atoms with Crippen molar-refractivity contribution < 1.29 is 63.5 Å². The molecule has 56 heavy (non-hydrogen) atoms. The van der Waals surface area contributed by atoms with Gasteiger partial charge in [0.25, 0.3) is 0 Å². The van der Waals surface area contributed by atoms with Crippen LogP contribution in [0.25, 0.3) is 0 Å². The molecular weight excluding hydrogens is 728 g/mol. The number of cyclic esters (lactones) is 1. The van der Waals surface area contributed by atoms with E-state index < -0.39 is 108 Å². The molecule has 3 aliphatic heterocycles. The third-order valence-electron chi connectivity index (χ3n) is 13.1. The van der Waals surface area contributed by atoms with Crippen LogP contribution in [0.4, 0.5) is 0 Å². The van der Waals surface area contributed by atoms with Crippen molar-refractivity contribution in [1.29, 1.82) is 0 Å². The molecule has 3 heterocycles. The first-order valence-corrected chi connectivity index (χ1v) is 20.8. The summed E-state index contributed by atoms with van der Waals surface area (Å²) in [6, 6.07) is -0.194. The van der Waals surface area contributed by atoms with Gasteiger partial charge in [-0.3, -0.25) is 9.69 Å². The number of aliphatic hydroxyl groups excluding tert-OH is 3. The minimum Gasteiger partial charge on any atom is -0.459 e. The lowest BCUT2D eigenvalue weighted by Gasteiger charge is -2.50. The Labute approximate surface area is 335 Å². The third-order valence-corrected chi connectivity index (χ3v) is 13.1. The minimum atomic E-state index is -1.89. The van der Waals surface area contributed by atoms with E-state index in [1.807, 2.05) is 34.7 Å². The second-order valence-corrected chi connectivity index (χ2v) is 18.1. The number of hydrogen-bond donors (Lipinski definition) is 6. The Morgan fingerprint density at radius 2 is 1.55 bits per heavy atom. The molecule has 19 atom stereocenters. The molecule has 7 N–H and O–H groups in total. The van der Waals surface area contributed by atoms with E-state index in [1.165, 1.54) is 14.0 Å². The number of nitrogens with zero attached hydrogens (tertiary/aromatic N) is 1. The maximum absolute atomic E-state index is 14.3. The largest absolute Gasteiger partial charge is 0.459 e. The van der Waals surface area contributed by atoms with E-state index in [9.17, 15) is 30.3 Å². The molecule has 3 saturated heterocycles. The standard InChI is InChI=1S/C41H78N2O13/c1-15-29-41(12,49)34(45)24(6)32(51-17-16-42)22(4)19-39(10,48)36(56-38-31(44)28(18-23(5)52-38)43(13)21(2)3)25(7)33(26(8)37(47)54-29)55-30-20-40(11,50-14)35(46)27(9)53-30/h21-36,38,44-46,48-49H,15-20,42H2,1-14H3/t22-,23-,24+,25+,26-,27+,28+,29-,30+,31-,32+,33+,34-,35+,36-,38+,39-,40-,41-/m1/s1. The van der Waals surface area contributed by atoms with Gasteiger partial charge in [0, 0.05) is 44.0 Å². The SMILES string of the molecule is CC[C@H]1OC(=O)[C@H](C)[C@@H](O[C@H]2C[C@@](C)(OC)[C@@H](O)[C@H](C)O2)[C@H](C)[C@@H](O[C@@H]2O[C@H](C)C[C@H](N(C)C(C)C)[C@H]2O)[C@](C)(O)C[C@@H](C)[C@H](OCCN)[C@H](C)[C@@H](O)[C@]1(C)O. The summed E-state index contributed by atoms with van der Waals surface area (Å²) in [5.41, 5.74) is 1.23. The molecule has 0 aromatic rings. The van der Waals surface area contributed by atoms with Gasteiger partial charge in [-0.25, -0.2) is 0 Å². The number of ether oxygens (including phenoxy) is 7. The van der Waals surface area contributed by atoms with Crippen molar-refractivity contribution in [3.63, 3.8) is 0 Å². The van der Waals surface area contributed by atoms with Gasteiger partial charge in [0.2, 0.25) is 0 Å². The smallest absolute Gasteiger partial charge is 0.311 e. The van der Waals surface area contributed by atoms with Crippen molar-refractivity contribution in [2.45, 2.75) is 205 Å². The van der Waals surface area contributed by atoms with Crippen molar-refractivity contribution in [3.8, 4) is 0 Å². The van der Waals surface area contributed by atoms with Crippen LogP contribution in [-0.2, 0) is 38.0 Å². The molecule has 0 unspecified atom stereocenters. The van der Waals surface area contributed by atoms with E-state index in [4.69, 9.17) is 38.9 Å². The number of aliphatic hydroxyl groups is 5. The average Bonchev–Trinajstić information content (AvgIpc) is 3.12. The van der Waals surface area contributed by atoms with Crippen LogP contribution in [0.1, 0.15) is 109 Å². The second kappa shape index (κ2) is 20.0. The molecule has 15 nitrogen and oxygen atoms in total. The number of carbonyl (C=O) groups excluding carboxylic acids is 1. The number of likely N-dealkylation sites (N-methyl/N-ethyl adjacent to an activating group) is 1. The summed E-state index contributed by atoms with van der Waals surface area (Å²) < 4.78 is 44.1. The molecule has 0 saturated carbocycles. The zero-order valence-electron chi connectivity index (χ0n) is 36.6. The first-order valence-electron chi connectivity index (χ1n) is 20.8. The first kappa shape index (κ1) is 49.3. The van der Waals surface area contributed by atoms with E-state index in [0.717, 1.165) is 0 Å². The van der Waals surface area contributed by atoms with Gasteiger partial charge < -0.3 is 64.4 Å². The Balaban J connectivity index is 2.23. The quantitative estimate of drug-likeness (QED) is 0.166. The fraction of sp³-hybridized carbons (Fsp3) is 0.976. The van der Waals surface area contributed by atoms with E-state index >= 15 is 0 Å². The predicted octanol–water partition coefficient (Wildman–Crippen LogP) is 2.34. The molecule has 0 radical (unpaired) electrons. The highest BCUT2D eigenvalue weighted by molar-refractivity contribution is 5.73. The van der Waals surface area contributed by atoms with Crippen LogP contribution in [0.3, 0.4) is 0 Å². The summed E-state index contributed by atoms with van der Waals surface area (Å²) in [5, 5.41) is 59.2. The van der Waals surface area contributed by atoms with Crippen LogP contribution in [-0.4, -0.2) is 160 Å². The van der Waals surface area contributed by atoms with Crippen LogP contribution in [0, 0.1) is 23.7 Å². The fourth-order valence-electron chi connectivity index (χ4n) is 9.37. The molecule has 3 rings (SSSR count). The Morgan fingerprint density at radius 3 is 2.11 bits per heavy atom. The average molecular weight is 807 g/mol. The van der Waals surface area contributed by atoms with Crippen LogP contribution in [0.2, 0.25) is 0 Å². The normalized spacial score (nSPS) is 47.8. The molecule has 15 heteroatoms. The summed E-state index contributed by atoms with van der Waals surface area (Å²) in [6.07, 6.45) is -9.68. The highest BCUT2D eigenvalue weighted by Crippen LogP contribution is 2.42. The van der Waals surface area contributed by atoms with Crippen molar-refractivity contribution in [1.82, 2.24) is 4.90 Å². The Hall–Kier alpha value is -1.05. The van der Waals surface area contributed by atoms with Gasteiger partial charge >= 0.3 is 5.97 Å².